The Bertz CT molecular complexity index is 447. The van der Waals surface area contributed by atoms with Gasteiger partial charge in [0.15, 0.2) is 18.9 Å². The Labute approximate surface area is 158 Å². The summed E-state index contributed by atoms with van der Waals surface area (Å²) in [6, 6.07) is 0. The molecule has 2 aliphatic rings. The van der Waals surface area contributed by atoms with Crippen molar-refractivity contribution in [3.63, 3.8) is 0 Å². The fourth-order valence-corrected chi connectivity index (χ4v) is 3.27. The average Bonchev–Trinajstić information content (AvgIpc) is 2.64. The van der Waals surface area contributed by atoms with Crippen LogP contribution in [0.25, 0.3) is 0 Å². The lowest BCUT2D eigenvalue weighted by atomic mass is 9.93. The molecule has 0 radical (unpaired) electrons. The van der Waals surface area contributed by atoms with Gasteiger partial charge in [-0.15, -0.1) is 0 Å². The van der Waals surface area contributed by atoms with E-state index in [0.29, 0.717) is 12.3 Å². The summed E-state index contributed by atoms with van der Waals surface area (Å²) in [7, 11) is 2.62. The van der Waals surface area contributed by atoms with Gasteiger partial charge in [-0.2, -0.15) is 0 Å². The van der Waals surface area contributed by atoms with Gasteiger partial charge < -0.3 is 49.2 Å². The standard InChI is InChI=1S/C17H32O10/c1-7(2)5-6-8-9(18)14(13(22)16(24-4)25-8)26-17-12(21)10(19)11(20)15(23-3)27-17/h7-22H,5-6H2,1-4H3/t8-,9-,10-,11+,12+,13+,14+,15-,16-,17-/m0/s1. The van der Waals surface area contributed by atoms with Gasteiger partial charge in [0.2, 0.25) is 0 Å². The molecule has 0 amide bonds. The maximum absolute atomic E-state index is 10.6. The quantitative estimate of drug-likeness (QED) is 0.338. The molecule has 2 rings (SSSR count). The van der Waals surface area contributed by atoms with Crippen LogP contribution in [0, 0.1) is 5.92 Å². The van der Waals surface area contributed by atoms with E-state index in [-0.39, 0.29) is 0 Å². The normalized spacial score (nSPS) is 46.0. The van der Waals surface area contributed by atoms with Crippen LogP contribution in [0.1, 0.15) is 26.7 Å². The third kappa shape index (κ3) is 5.15. The molecular formula is C17H32O10. The summed E-state index contributed by atoms with van der Waals surface area (Å²) in [6.45, 7) is 4.07. The highest BCUT2D eigenvalue weighted by molar-refractivity contribution is 4.93. The van der Waals surface area contributed by atoms with E-state index in [4.69, 9.17) is 23.7 Å². The second-order valence-electron chi connectivity index (χ2n) is 7.41. The molecule has 0 aromatic heterocycles. The van der Waals surface area contributed by atoms with Gasteiger partial charge in [-0.05, 0) is 18.8 Å². The lowest BCUT2D eigenvalue weighted by molar-refractivity contribution is -0.379. The Morgan fingerprint density at radius 3 is 1.85 bits per heavy atom. The Balaban J connectivity index is 2.13. The monoisotopic (exact) mass is 396 g/mol. The second kappa shape index (κ2) is 9.88. The molecule has 0 aromatic rings. The molecule has 0 unspecified atom stereocenters. The van der Waals surface area contributed by atoms with E-state index in [1.54, 1.807) is 0 Å². The summed E-state index contributed by atoms with van der Waals surface area (Å²) in [5.41, 5.74) is 0. The predicted octanol–water partition coefficient (Wildman–Crippen LogP) is -1.69. The van der Waals surface area contributed by atoms with Crippen molar-refractivity contribution in [2.45, 2.75) is 88.3 Å². The lowest BCUT2D eigenvalue weighted by Crippen LogP contribution is -2.64. The molecule has 27 heavy (non-hydrogen) atoms. The topological polar surface area (TPSA) is 147 Å². The molecule has 0 saturated carbocycles. The van der Waals surface area contributed by atoms with Crippen LogP contribution in [0.3, 0.4) is 0 Å². The number of rotatable bonds is 7. The fraction of sp³-hybridized carbons (Fsp3) is 1.00. The van der Waals surface area contributed by atoms with Crippen molar-refractivity contribution in [2.75, 3.05) is 14.2 Å². The van der Waals surface area contributed by atoms with E-state index in [1.165, 1.54) is 14.2 Å². The molecule has 0 spiro atoms. The second-order valence-corrected chi connectivity index (χ2v) is 7.41. The van der Waals surface area contributed by atoms with Crippen molar-refractivity contribution in [1.82, 2.24) is 0 Å². The van der Waals surface area contributed by atoms with Gasteiger partial charge in [-0.1, -0.05) is 13.8 Å². The minimum atomic E-state index is -1.61. The predicted molar refractivity (Wildman–Crippen MR) is 90.3 cm³/mol. The van der Waals surface area contributed by atoms with Crippen LogP contribution in [0.4, 0.5) is 0 Å². The number of hydrogen-bond donors (Lipinski definition) is 5. The van der Waals surface area contributed by atoms with Gasteiger partial charge >= 0.3 is 0 Å². The number of aliphatic hydroxyl groups is 5. The minimum Gasteiger partial charge on any atom is -0.388 e. The van der Waals surface area contributed by atoms with Crippen molar-refractivity contribution in [3.05, 3.63) is 0 Å². The van der Waals surface area contributed by atoms with Crippen molar-refractivity contribution in [1.29, 1.82) is 0 Å². The molecule has 0 aromatic carbocycles. The Kier molecular flexibility index (Phi) is 8.37. The van der Waals surface area contributed by atoms with Gasteiger partial charge in [0.1, 0.15) is 36.6 Å². The average molecular weight is 396 g/mol. The van der Waals surface area contributed by atoms with Crippen molar-refractivity contribution in [3.8, 4) is 0 Å². The van der Waals surface area contributed by atoms with Crippen LogP contribution in [-0.2, 0) is 23.7 Å². The van der Waals surface area contributed by atoms with E-state index in [9.17, 15) is 25.5 Å². The van der Waals surface area contributed by atoms with Gasteiger partial charge in [-0.3, -0.25) is 0 Å². The summed E-state index contributed by atoms with van der Waals surface area (Å²) in [5, 5.41) is 51.0. The van der Waals surface area contributed by atoms with E-state index in [1.807, 2.05) is 13.8 Å². The smallest absolute Gasteiger partial charge is 0.189 e. The third-order valence-corrected chi connectivity index (χ3v) is 4.95. The summed E-state index contributed by atoms with van der Waals surface area (Å²) < 4.78 is 26.6. The highest BCUT2D eigenvalue weighted by Gasteiger charge is 2.50. The van der Waals surface area contributed by atoms with E-state index in [2.05, 4.69) is 0 Å². The van der Waals surface area contributed by atoms with Crippen molar-refractivity contribution >= 4 is 0 Å². The molecule has 2 fully saturated rings. The first-order valence-corrected chi connectivity index (χ1v) is 9.13. The number of methoxy groups -OCH3 is 2. The maximum atomic E-state index is 10.6. The summed E-state index contributed by atoms with van der Waals surface area (Å²) in [6.07, 6.45) is -11.5. The molecule has 10 atom stereocenters. The Morgan fingerprint density at radius 1 is 0.741 bits per heavy atom. The number of hydrogen-bond acceptors (Lipinski definition) is 10. The van der Waals surface area contributed by atoms with Crippen LogP contribution in [0.15, 0.2) is 0 Å². The third-order valence-electron chi connectivity index (χ3n) is 4.95. The van der Waals surface area contributed by atoms with Crippen LogP contribution < -0.4 is 0 Å². The van der Waals surface area contributed by atoms with Crippen LogP contribution in [0.5, 0.6) is 0 Å². The van der Waals surface area contributed by atoms with Crippen molar-refractivity contribution in [2.24, 2.45) is 5.92 Å². The zero-order valence-electron chi connectivity index (χ0n) is 16.0. The highest BCUT2D eigenvalue weighted by atomic mass is 16.8. The van der Waals surface area contributed by atoms with Gasteiger partial charge in [0.25, 0.3) is 0 Å². The molecule has 2 saturated heterocycles. The fourth-order valence-electron chi connectivity index (χ4n) is 3.27. The van der Waals surface area contributed by atoms with Crippen LogP contribution in [-0.4, -0.2) is 101 Å². The zero-order valence-corrected chi connectivity index (χ0v) is 16.0. The maximum Gasteiger partial charge on any atom is 0.189 e. The van der Waals surface area contributed by atoms with Crippen LogP contribution >= 0.6 is 0 Å². The van der Waals surface area contributed by atoms with Gasteiger partial charge in [0, 0.05) is 14.2 Å². The molecule has 10 heteroatoms. The first-order valence-electron chi connectivity index (χ1n) is 9.13. The summed E-state index contributed by atoms with van der Waals surface area (Å²) in [5.74, 6) is 0.385. The Morgan fingerprint density at radius 2 is 1.30 bits per heavy atom. The first kappa shape index (κ1) is 22.9. The number of aliphatic hydroxyl groups excluding tert-OH is 5. The molecule has 10 nitrogen and oxygen atoms in total. The SMILES string of the molecule is CO[C@H]1O[C@H](O[C@@H]2[C@@H](O)[C@H](CCC(C)C)O[C@H](OC)[C@@H]2O)[C@H](O)[C@@H](O)[C@H]1O. The highest BCUT2D eigenvalue weighted by Crippen LogP contribution is 2.31. The van der Waals surface area contributed by atoms with Crippen molar-refractivity contribution < 1.29 is 49.2 Å². The first-order chi connectivity index (χ1) is 12.7. The van der Waals surface area contributed by atoms with E-state index in [0.717, 1.165) is 6.42 Å². The van der Waals surface area contributed by atoms with E-state index < -0.39 is 61.6 Å². The molecular weight excluding hydrogens is 364 g/mol. The molecule has 5 N–H and O–H groups in total. The Hall–Kier alpha value is -0.400. The summed E-state index contributed by atoms with van der Waals surface area (Å²) >= 11 is 0. The van der Waals surface area contributed by atoms with Crippen LogP contribution in [0.2, 0.25) is 0 Å². The zero-order chi connectivity index (χ0) is 20.3. The molecule has 160 valence electrons. The molecule has 2 aliphatic heterocycles. The lowest BCUT2D eigenvalue weighted by Gasteiger charge is -2.46. The van der Waals surface area contributed by atoms with E-state index >= 15 is 0 Å². The number of ether oxygens (including phenoxy) is 5. The minimum absolute atomic E-state index is 0.385. The van der Waals surface area contributed by atoms with Gasteiger partial charge in [0.05, 0.1) is 6.10 Å². The summed E-state index contributed by atoms with van der Waals surface area (Å²) in [4.78, 5) is 0. The largest absolute Gasteiger partial charge is 0.388 e. The molecule has 2 heterocycles. The van der Waals surface area contributed by atoms with Gasteiger partial charge in [-0.25, -0.2) is 0 Å². The molecule has 0 bridgehead atoms. The molecule has 0 aliphatic carbocycles.